The zero-order valence-corrected chi connectivity index (χ0v) is 18.8. The molecule has 1 aromatic heterocycles. The molecule has 2 amide bonds. The standard InChI is InChI=1S/C21H28ClFN8O2/c22-15-4-3-5-16(17(15)23)28-21(33)30-20-27-12-14(18(32)29-20)13-6-10-31(11-7-13)9-2-1-8-26-19(24)25/h3-5,12-13H,1-2,6-11H2,(H4,24,25,26)(H3,27,28,29,30,32,33). The maximum absolute atomic E-state index is 13.9. The maximum atomic E-state index is 13.9. The summed E-state index contributed by atoms with van der Waals surface area (Å²) in [7, 11) is 0. The molecule has 7 N–H and O–H groups in total. The van der Waals surface area contributed by atoms with Crippen LogP contribution >= 0.6 is 11.6 Å². The summed E-state index contributed by atoms with van der Waals surface area (Å²) in [5, 5.41) is 14.5. The van der Waals surface area contributed by atoms with Crippen LogP contribution in [0.5, 0.6) is 0 Å². The van der Waals surface area contributed by atoms with Gasteiger partial charge in [0.2, 0.25) is 5.95 Å². The number of nitrogens with one attached hydrogen (secondary N) is 5. The summed E-state index contributed by atoms with van der Waals surface area (Å²) in [6, 6.07) is 3.50. The van der Waals surface area contributed by atoms with Crippen LogP contribution in [0, 0.1) is 11.2 Å². The highest BCUT2D eigenvalue weighted by Gasteiger charge is 2.23. The molecule has 1 fully saturated rings. The molecule has 1 aromatic carbocycles. The van der Waals surface area contributed by atoms with Gasteiger partial charge < -0.3 is 26.3 Å². The lowest BCUT2D eigenvalue weighted by molar-refractivity contribution is 0.208. The molecule has 0 unspecified atom stereocenters. The van der Waals surface area contributed by atoms with Crippen molar-refractivity contribution in [3.63, 3.8) is 0 Å². The molecule has 1 saturated heterocycles. The van der Waals surface area contributed by atoms with Crippen molar-refractivity contribution in [1.29, 1.82) is 5.41 Å². The third-order valence-corrected chi connectivity index (χ3v) is 5.79. The van der Waals surface area contributed by atoms with Crippen LogP contribution < -0.4 is 27.2 Å². The second-order valence-electron chi connectivity index (χ2n) is 7.85. The Balaban J connectivity index is 1.48. The Morgan fingerprint density at radius 3 is 2.76 bits per heavy atom. The molecule has 0 radical (unpaired) electrons. The van der Waals surface area contributed by atoms with Crippen molar-refractivity contribution in [2.45, 2.75) is 31.6 Å². The van der Waals surface area contributed by atoms with Gasteiger partial charge in [0.1, 0.15) is 0 Å². The number of urea groups is 1. The van der Waals surface area contributed by atoms with E-state index in [1.807, 2.05) is 0 Å². The van der Waals surface area contributed by atoms with Gasteiger partial charge in [-0.25, -0.2) is 9.18 Å². The van der Waals surface area contributed by atoms with Gasteiger partial charge in [-0.05, 0) is 63.4 Å². The fourth-order valence-electron chi connectivity index (χ4n) is 3.78. The van der Waals surface area contributed by atoms with Crippen molar-refractivity contribution in [1.82, 2.24) is 20.2 Å². The fraction of sp³-hybridized carbons (Fsp3) is 0.429. The molecule has 33 heavy (non-hydrogen) atoms. The number of benzene rings is 1. The summed E-state index contributed by atoms with van der Waals surface area (Å²) in [6.45, 7) is 3.43. The second kappa shape index (κ2) is 11.6. The van der Waals surface area contributed by atoms with Gasteiger partial charge in [-0.2, -0.15) is 4.98 Å². The molecule has 0 atom stereocenters. The maximum Gasteiger partial charge on any atom is 0.326 e. The molecule has 12 heteroatoms. The molecular formula is C21H28ClFN8O2. The number of anilines is 2. The van der Waals surface area contributed by atoms with E-state index in [1.54, 1.807) is 6.20 Å². The molecule has 1 aliphatic heterocycles. The first kappa shape index (κ1) is 24.5. The number of rotatable bonds is 8. The van der Waals surface area contributed by atoms with Crippen LogP contribution in [-0.2, 0) is 0 Å². The largest absolute Gasteiger partial charge is 0.370 e. The van der Waals surface area contributed by atoms with Gasteiger partial charge in [0, 0.05) is 18.3 Å². The number of carbonyl (C=O) groups is 1. The topological polar surface area (TPSA) is 152 Å². The first-order chi connectivity index (χ1) is 15.8. The number of piperidine rings is 1. The number of carbonyl (C=O) groups excluding carboxylic acids is 1. The lowest BCUT2D eigenvalue weighted by Crippen LogP contribution is -2.36. The average molecular weight is 479 g/mol. The summed E-state index contributed by atoms with van der Waals surface area (Å²) < 4.78 is 13.9. The summed E-state index contributed by atoms with van der Waals surface area (Å²) in [5.74, 6) is -0.683. The number of halogens is 2. The van der Waals surface area contributed by atoms with E-state index in [2.05, 4.69) is 30.8 Å². The second-order valence-corrected chi connectivity index (χ2v) is 8.26. The summed E-state index contributed by atoms with van der Waals surface area (Å²) in [5.41, 5.74) is 5.37. The molecule has 2 aromatic rings. The van der Waals surface area contributed by atoms with E-state index in [-0.39, 0.29) is 28.5 Å². The Labute approximate surface area is 195 Å². The van der Waals surface area contributed by atoms with Crippen LogP contribution in [-0.4, -0.2) is 53.0 Å². The molecule has 0 aliphatic carbocycles. The van der Waals surface area contributed by atoms with Crippen LogP contribution in [0.15, 0.2) is 29.2 Å². The summed E-state index contributed by atoms with van der Waals surface area (Å²) in [6.07, 6.45) is 5.22. The first-order valence-corrected chi connectivity index (χ1v) is 11.1. The number of hydrogen-bond donors (Lipinski definition) is 6. The number of hydrogen-bond acceptors (Lipinski definition) is 5. The molecular weight excluding hydrogens is 451 g/mol. The normalized spacial score (nSPS) is 14.6. The van der Waals surface area contributed by atoms with E-state index in [0.717, 1.165) is 45.3 Å². The minimum atomic E-state index is -0.751. The monoisotopic (exact) mass is 478 g/mol. The van der Waals surface area contributed by atoms with Crippen molar-refractivity contribution < 1.29 is 9.18 Å². The fourth-order valence-corrected chi connectivity index (χ4v) is 3.95. The molecule has 178 valence electrons. The van der Waals surface area contributed by atoms with Gasteiger partial charge >= 0.3 is 6.03 Å². The van der Waals surface area contributed by atoms with Crippen molar-refractivity contribution in [3.05, 3.63) is 51.2 Å². The number of aromatic nitrogens is 2. The number of guanidine groups is 1. The minimum Gasteiger partial charge on any atom is -0.370 e. The van der Waals surface area contributed by atoms with Crippen molar-refractivity contribution >= 4 is 35.2 Å². The number of likely N-dealkylation sites (tertiary alicyclic amines) is 1. The molecule has 2 heterocycles. The molecule has 0 bridgehead atoms. The summed E-state index contributed by atoms with van der Waals surface area (Å²) in [4.78, 5) is 33.8. The SMILES string of the molecule is N=C(N)NCCCCN1CCC(c2c[nH]c(NC(=O)Nc3cccc(Cl)c3F)nc2=O)CC1. The third kappa shape index (κ3) is 7.16. The van der Waals surface area contributed by atoms with Crippen LogP contribution in [0.25, 0.3) is 0 Å². The lowest BCUT2D eigenvalue weighted by Gasteiger charge is -2.31. The van der Waals surface area contributed by atoms with Gasteiger partial charge in [0.15, 0.2) is 11.8 Å². The van der Waals surface area contributed by atoms with Gasteiger partial charge in [0.25, 0.3) is 5.56 Å². The Morgan fingerprint density at radius 1 is 1.30 bits per heavy atom. The lowest BCUT2D eigenvalue weighted by atomic mass is 9.91. The predicted molar refractivity (Wildman–Crippen MR) is 126 cm³/mol. The smallest absolute Gasteiger partial charge is 0.326 e. The number of nitrogens with two attached hydrogens (primary N) is 1. The van der Waals surface area contributed by atoms with Crippen LogP contribution in [0.1, 0.15) is 37.2 Å². The van der Waals surface area contributed by atoms with E-state index in [4.69, 9.17) is 22.7 Å². The van der Waals surface area contributed by atoms with Crippen LogP contribution in [0.3, 0.4) is 0 Å². The number of amides is 2. The quantitative estimate of drug-likeness (QED) is 0.195. The minimum absolute atomic E-state index is 0.00787. The first-order valence-electron chi connectivity index (χ1n) is 10.8. The molecule has 10 nitrogen and oxygen atoms in total. The Morgan fingerprint density at radius 2 is 2.06 bits per heavy atom. The summed E-state index contributed by atoms with van der Waals surface area (Å²) >= 11 is 5.70. The molecule has 0 spiro atoms. The number of aromatic amines is 1. The van der Waals surface area contributed by atoms with E-state index in [1.165, 1.54) is 18.2 Å². The molecule has 3 rings (SSSR count). The third-order valence-electron chi connectivity index (χ3n) is 5.50. The Hall–Kier alpha value is -3.18. The Kier molecular flexibility index (Phi) is 8.61. The predicted octanol–water partition coefficient (Wildman–Crippen LogP) is 2.65. The number of H-pyrrole nitrogens is 1. The number of nitrogens with zero attached hydrogens (tertiary/aromatic N) is 2. The highest BCUT2D eigenvalue weighted by Crippen LogP contribution is 2.26. The van der Waals surface area contributed by atoms with E-state index >= 15 is 0 Å². The van der Waals surface area contributed by atoms with Crippen molar-refractivity contribution in [2.24, 2.45) is 5.73 Å². The van der Waals surface area contributed by atoms with Gasteiger partial charge in [-0.3, -0.25) is 15.5 Å². The van der Waals surface area contributed by atoms with Crippen LogP contribution in [0.4, 0.5) is 20.8 Å². The molecule has 0 saturated carbocycles. The zero-order valence-electron chi connectivity index (χ0n) is 18.1. The zero-order chi connectivity index (χ0) is 23.8. The van der Waals surface area contributed by atoms with Crippen molar-refractivity contribution in [2.75, 3.05) is 36.8 Å². The van der Waals surface area contributed by atoms with Gasteiger partial charge in [-0.15, -0.1) is 0 Å². The van der Waals surface area contributed by atoms with Gasteiger partial charge in [-0.1, -0.05) is 17.7 Å². The average Bonchev–Trinajstić information content (AvgIpc) is 2.77. The van der Waals surface area contributed by atoms with E-state index < -0.39 is 17.4 Å². The molecule has 1 aliphatic rings. The van der Waals surface area contributed by atoms with E-state index in [0.29, 0.717) is 12.1 Å². The van der Waals surface area contributed by atoms with Crippen molar-refractivity contribution in [3.8, 4) is 0 Å². The highest BCUT2D eigenvalue weighted by molar-refractivity contribution is 6.31. The van der Waals surface area contributed by atoms with E-state index in [9.17, 15) is 14.0 Å². The highest BCUT2D eigenvalue weighted by atomic mass is 35.5. The van der Waals surface area contributed by atoms with Crippen LogP contribution in [0.2, 0.25) is 5.02 Å². The van der Waals surface area contributed by atoms with Gasteiger partial charge in [0.05, 0.1) is 10.7 Å². The number of unbranched alkanes of at least 4 members (excludes halogenated alkanes) is 1. The Bertz CT molecular complexity index is 1040.